The van der Waals surface area contributed by atoms with Crippen LogP contribution in [0, 0.1) is 23.7 Å². The molecule has 13 heavy (non-hydrogen) atoms. The Kier molecular flexibility index (Phi) is 4.83. The van der Waals surface area contributed by atoms with Gasteiger partial charge >= 0.3 is 0 Å². The van der Waals surface area contributed by atoms with Crippen molar-refractivity contribution in [2.75, 3.05) is 20.6 Å². The summed E-state index contributed by atoms with van der Waals surface area (Å²) in [6.45, 7) is 0.130. The Hall–Kier alpha value is -1.94. The van der Waals surface area contributed by atoms with Crippen molar-refractivity contribution in [3.8, 4) is 18.4 Å². The number of nitrogens with one attached hydrogen (secondary N) is 1. The van der Waals surface area contributed by atoms with Gasteiger partial charge in [-0.1, -0.05) is 5.92 Å². The van der Waals surface area contributed by atoms with Crippen LogP contribution in [-0.4, -0.2) is 31.4 Å². The lowest BCUT2D eigenvalue weighted by atomic mass is 10.3. The average molecular weight is 177 g/mol. The number of rotatable bonds is 3. The molecule has 0 saturated heterocycles. The fourth-order valence-corrected chi connectivity index (χ4v) is 0.623. The molecule has 0 unspecified atom stereocenters. The first kappa shape index (κ1) is 11.1. The van der Waals surface area contributed by atoms with Crippen LogP contribution >= 0.6 is 0 Å². The summed E-state index contributed by atoms with van der Waals surface area (Å²) in [5.74, 6) is 1.80. The van der Waals surface area contributed by atoms with Crippen molar-refractivity contribution in [1.82, 2.24) is 10.2 Å². The summed E-state index contributed by atoms with van der Waals surface area (Å²) < 4.78 is 0. The van der Waals surface area contributed by atoms with E-state index in [4.69, 9.17) is 11.7 Å². The van der Waals surface area contributed by atoms with Crippen molar-refractivity contribution in [3.63, 3.8) is 0 Å². The van der Waals surface area contributed by atoms with Crippen LogP contribution in [0.3, 0.4) is 0 Å². The summed E-state index contributed by atoms with van der Waals surface area (Å²) >= 11 is 0. The molecule has 0 fully saturated rings. The molecule has 0 bridgehead atoms. The highest BCUT2D eigenvalue weighted by atomic mass is 16.1. The minimum absolute atomic E-state index is 0.0419. The van der Waals surface area contributed by atoms with Gasteiger partial charge in [0.2, 0.25) is 0 Å². The van der Waals surface area contributed by atoms with E-state index in [1.807, 2.05) is 0 Å². The second-order valence-corrected chi connectivity index (χ2v) is 2.50. The SMILES string of the molecule is C#CCNC(=O)C(C#N)=CN(C)C. The van der Waals surface area contributed by atoms with Crippen molar-refractivity contribution in [3.05, 3.63) is 11.8 Å². The Morgan fingerprint density at radius 3 is 2.69 bits per heavy atom. The normalized spacial score (nSPS) is 9.69. The van der Waals surface area contributed by atoms with Crippen LogP contribution in [0.15, 0.2) is 11.8 Å². The zero-order chi connectivity index (χ0) is 10.3. The molecule has 4 nitrogen and oxygen atoms in total. The highest BCUT2D eigenvalue weighted by Crippen LogP contribution is 1.93. The van der Waals surface area contributed by atoms with E-state index in [0.717, 1.165) is 0 Å². The molecular formula is C9H11N3O. The highest BCUT2D eigenvalue weighted by Gasteiger charge is 2.06. The molecule has 0 atom stereocenters. The summed E-state index contributed by atoms with van der Waals surface area (Å²) in [6.07, 6.45) is 6.38. The molecule has 0 aliphatic carbocycles. The molecule has 0 aromatic heterocycles. The Balaban J connectivity index is 4.37. The lowest BCUT2D eigenvalue weighted by molar-refractivity contribution is -0.116. The molecule has 0 aromatic carbocycles. The summed E-state index contributed by atoms with van der Waals surface area (Å²) in [6, 6.07) is 1.78. The van der Waals surface area contributed by atoms with Crippen molar-refractivity contribution in [1.29, 1.82) is 5.26 Å². The van der Waals surface area contributed by atoms with Gasteiger partial charge in [-0.3, -0.25) is 4.79 Å². The Morgan fingerprint density at radius 1 is 1.69 bits per heavy atom. The van der Waals surface area contributed by atoms with Crippen LogP contribution < -0.4 is 5.32 Å². The lowest BCUT2D eigenvalue weighted by Gasteiger charge is -2.05. The standard InChI is InChI=1S/C9H11N3O/c1-4-5-11-9(13)8(6-10)7-12(2)3/h1,7H,5H2,2-3H3,(H,11,13). The van der Waals surface area contributed by atoms with Crippen molar-refractivity contribution < 1.29 is 4.79 Å². The zero-order valence-electron chi connectivity index (χ0n) is 7.66. The zero-order valence-corrected chi connectivity index (χ0v) is 7.66. The van der Waals surface area contributed by atoms with Gasteiger partial charge in [-0.05, 0) is 0 Å². The molecule has 0 aliphatic heterocycles. The van der Waals surface area contributed by atoms with Gasteiger partial charge in [0, 0.05) is 20.3 Å². The van der Waals surface area contributed by atoms with E-state index in [2.05, 4.69) is 11.2 Å². The number of hydrogen-bond acceptors (Lipinski definition) is 3. The Morgan fingerprint density at radius 2 is 2.31 bits per heavy atom. The number of nitriles is 1. The lowest BCUT2D eigenvalue weighted by Crippen LogP contribution is -2.25. The monoisotopic (exact) mass is 177 g/mol. The summed E-state index contributed by atoms with van der Waals surface area (Å²) in [5, 5.41) is 11.0. The molecule has 0 radical (unpaired) electrons. The third kappa shape index (κ3) is 4.49. The maximum atomic E-state index is 11.1. The van der Waals surface area contributed by atoms with Gasteiger partial charge in [0.1, 0.15) is 11.6 Å². The Bertz CT molecular complexity index is 291. The molecule has 0 spiro atoms. The molecule has 1 amide bonds. The van der Waals surface area contributed by atoms with Crippen LogP contribution in [0.4, 0.5) is 0 Å². The third-order valence-corrected chi connectivity index (χ3v) is 1.10. The topological polar surface area (TPSA) is 56.1 Å². The first-order valence-electron chi connectivity index (χ1n) is 3.61. The minimum atomic E-state index is -0.450. The number of hydrogen-bond donors (Lipinski definition) is 1. The van der Waals surface area contributed by atoms with E-state index >= 15 is 0 Å². The number of carbonyl (C=O) groups is 1. The van der Waals surface area contributed by atoms with Crippen LogP contribution in [-0.2, 0) is 4.79 Å². The maximum Gasteiger partial charge on any atom is 0.264 e. The Labute approximate surface area is 77.8 Å². The average Bonchev–Trinajstić information content (AvgIpc) is 2.09. The maximum absolute atomic E-state index is 11.1. The second-order valence-electron chi connectivity index (χ2n) is 2.50. The number of amides is 1. The smallest absolute Gasteiger partial charge is 0.264 e. The van der Waals surface area contributed by atoms with Crippen LogP contribution in [0.1, 0.15) is 0 Å². The van der Waals surface area contributed by atoms with Crippen LogP contribution in [0.25, 0.3) is 0 Å². The fourth-order valence-electron chi connectivity index (χ4n) is 0.623. The molecule has 0 aliphatic rings. The minimum Gasteiger partial charge on any atom is -0.382 e. The van der Waals surface area contributed by atoms with E-state index in [1.54, 1.807) is 25.1 Å². The van der Waals surface area contributed by atoms with Crippen molar-refractivity contribution >= 4 is 5.91 Å². The molecule has 0 aromatic rings. The fraction of sp³-hybridized carbons (Fsp3) is 0.333. The van der Waals surface area contributed by atoms with Crippen molar-refractivity contribution in [2.24, 2.45) is 0 Å². The second kappa shape index (κ2) is 5.68. The van der Waals surface area contributed by atoms with Gasteiger partial charge in [0.15, 0.2) is 0 Å². The summed E-state index contributed by atoms with van der Waals surface area (Å²) in [4.78, 5) is 12.8. The molecule has 68 valence electrons. The van der Waals surface area contributed by atoms with Crippen molar-refractivity contribution in [2.45, 2.75) is 0 Å². The van der Waals surface area contributed by atoms with E-state index in [9.17, 15) is 4.79 Å². The van der Waals surface area contributed by atoms with Gasteiger partial charge in [-0.25, -0.2) is 0 Å². The molecule has 0 rings (SSSR count). The van der Waals surface area contributed by atoms with Gasteiger partial charge in [0.25, 0.3) is 5.91 Å². The van der Waals surface area contributed by atoms with Gasteiger partial charge in [-0.15, -0.1) is 6.42 Å². The van der Waals surface area contributed by atoms with E-state index in [1.165, 1.54) is 6.20 Å². The summed E-state index contributed by atoms with van der Waals surface area (Å²) in [5.41, 5.74) is 0.0419. The van der Waals surface area contributed by atoms with E-state index < -0.39 is 5.91 Å². The number of carbonyl (C=O) groups excluding carboxylic acids is 1. The van der Waals surface area contributed by atoms with E-state index in [-0.39, 0.29) is 12.1 Å². The summed E-state index contributed by atoms with van der Waals surface area (Å²) in [7, 11) is 3.46. The predicted molar refractivity (Wildman–Crippen MR) is 49.2 cm³/mol. The van der Waals surface area contributed by atoms with Gasteiger partial charge < -0.3 is 10.2 Å². The number of nitrogens with zero attached hydrogens (tertiary/aromatic N) is 2. The largest absolute Gasteiger partial charge is 0.382 e. The first-order chi connectivity index (χ1) is 6.11. The molecule has 1 N–H and O–H groups in total. The quantitative estimate of drug-likeness (QED) is 0.366. The van der Waals surface area contributed by atoms with E-state index in [0.29, 0.717) is 0 Å². The highest BCUT2D eigenvalue weighted by molar-refractivity contribution is 5.97. The predicted octanol–water partition coefficient (Wildman–Crippen LogP) is -0.295. The third-order valence-electron chi connectivity index (χ3n) is 1.10. The molecule has 0 heterocycles. The number of terminal acetylenes is 1. The molecular weight excluding hydrogens is 166 g/mol. The van der Waals surface area contributed by atoms with Crippen LogP contribution in [0.2, 0.25) is 0 Å². The van der Waals surface area contributed by atoms with Crippen LogP contribution in [0.5, 0.6) is 0 Å². The van der Waals surface area contributed by atoms with Gasteiger partial charge in [0.05, 0.1) is 6.54 Å². The van der Waals surface area contributed by atoms with Gasteiger partial charge in [-0.2, -0.15) is 5.26 Å². The first-order valence-corrected chi connectivity index (χ1v) is 3.61. The molecule has 0 saturated carbocycles. The molecule has 4 heteroatoms.